The number of aryl methyl sites for hydroxylation is 1. The summed E-state index contributed by atoms with van der Waals surface area (Å²) in [5.74, 6) is 0. The highest BCUT2D eigenvalue weighted by Crippen LogP contribution is 2.52. The van der Waals surface area contributed by atoms with E-state index in [1.54, 1.807) is 0 Å². The molecule has 1 nitrogen and oxygen atoms in total. The van der Waals surface area contributed by atoms with Crippen LogP contribution in [0.1, 0.15) is 5.56 Å². The predicted molar refractivity (Wildman–Crippen MR) is 110 cm³/mol. The van der Waals surface area contributed by atoms with Gasteiger partial charge >= 0.3 is 0 Å². The van der Waals surface area contributed by atoms with Gasteiger partial charge in [0.1, 0.15) is 0 Å². The minimum Gasteiger partial charge on any atom is -0.309 e. The van der Waals surface area contributed by atoms with Crippen LogP contribution in [0.5, 0.6) is 0 Å². The van der Waals surface area contributed by atoms with E-state index >= 15 is 0 Å². The van der Waals surface area contributed by atoms with Crippen molar-refractivity contribution in [3.63, 3.8) is 0 Å². The van der Waals surface area contributed by atoms with Gasteiger partial charge in [-0.25, -0.2) is 0 Å². The molecule has 122 valence electrons. The Bertz CT molecular complexity index is 1320. The van der Waals surface area contributed by atoms with Crippen LogP contribution in [0, 0.1) is 6.92 Å². The number of nitrogens with zero attached hydrogens (tertiary/aromatic N) is 1. The maximum Gasteiger partial charge on any atom is 0.0626 e. The van der Waals surface area contributed by atoms with E-state index in [1.165, 1.54) is 55.3 Å². The molecule has 0 saturated carbocycles. The van der Waals surface area contributed by atoms with Crippen molar-refractivity contribution in [2.75, 3.05) is 0 Å². The lowest BCUT2D eigenvalue weighted by atomic mass is 10.0. The van der Waals surface area contributed by atoms with Gasteiger partial charge in [-0.3, -0.25) is 0 Å². The smallest absolute Gasteiger partial charge is 0.0626 e. The van der Waals surface area contributed by atoms with Crippen LogP contribution < -0.4 is 0 Å². The maximum absolute atomic E-state index is 2.43. The summed E-state index contributed by atoms with van der Waals surface area (Å²) >= 11 is 0. The molecular weight excluding hydrogens is 314 g/mol. The van der Waals surface area contributed by atoms with Crippen molar-refractivity contribution in [1.29, 1.82) is 0 Å². The normalized spacial score (nSPS) is 12.0. The fraction of sp³-hybridized carbons (Fsp3) is 0.0400. The molecule has 0 unspecified atom stereocenters. The molecule has 0 radical (unpaired) electrons. The quantitative estimate of drug-likeness (QED) is 0.314. The molecule has 1 aliphatic rings. The number of aromatic nitrogens is 1. The lowest BCUT2D eigenvalue weighted by Crippen LogP contribution is -1.95. The first-order valence-electron chi connectivity index (χ1n) is 9.06. The van der Waals surface area contributed by atoms with Crippen LogP contribution >= 0.6 is 0 Å². The highest BCUT2D eigenvalue weighted by atomic mass is 15.0. The average Bonchev–Trinajstić information content (AvgIpc) is 3.18. The summed E-state index contributed by atoms with van der Waals surface area (Å²) in [6.45, 7) is 2.17. The minimum atomic E-state index is 1.22. The van der Waals surface area contributed by atoms with E-state index in [2.05, 4.69) is 96.4 Å². The van der Waals surface area contributed by atoms with Gasteiger partial charge in [-0.05, 0) is 47.5 Å². The van der Waals surface area contributed by atoms with Crippen LogP contribution in [0.25, 0.3) is 49.7 Å². The predicted octanol–water partition coefficient (Wildman–Crippen LogP) is 6.74. The summed E-state index contributed by atoms with van der Waals surface area (Å²) < 4.78 is 2.43. The second-order valence-corrected chi connectivity index (χ2v) is 7.12. The van der Waals surface area contributed by atoms with Crippen molar-refractivity contribution in [2.24, 2.45) is 0 Å². The van der Waals surface area contributed by atoms with Crippen molar-refractivity contribution in [3.8, 4) is 28.1 Å². The van der Waals surface area contributed by atoms with Crippen LogP contribution in [0.4, 0.5) is 0 Å². The van der Waals surface area contributed by atoms with Gasteiger partial charge in [-0.2, -0.15) is 0 Å². The lowest BCUT2D eigenvalue weighted by Gasteiger charge is -2.11. The lowest BCUT2D eigenvalue weighted by molar-refractivity contribution is 1.14. The van der Waals surface area contributed by atoms with E-state index in [9.17, 15) is 0 Å². The Balaban J connectivity index is 1.88. The summed E-state index contributed by atoms with van der Waals surface area (Å²) in [5, 5.41) is 4.04. The first-order chi connectivity index (χ1) is 12.8. The van der Waals surface area contributed by atoms with E-state index in [0.717, 1.165) is 0 Å². The van der Waals surface area contributed by atoms with Gasteiger partial charge in [-0.1, -0.05) is 66.2 Å². The summed E-state index contributed by atoms with van der Waals surface area (Å²) in [5.41, 5.74) is 9.19. The van der Waals surface area contributed by atoms with Crippen LogP contribution in [0.3, 0.4) is 0 Å². The first-order valence-corrected chi connectivity index (χ1v) is 9.06. The summed E-state index contributed by atoms with van der Waals surface area (Å²) in [4.78, 5) is 0. The van der Waals surface area contributed by atoms with Crippen molar-refractivity contribution in [2.45, 2.75) is 6.92 Å². The molecule has 0 N–H and O–H groups in total. The van der Waals surface area contributed by atoms with Gasteiger partial charge in [0.15, 0.2) is 0 Å². The number of hydrogen-bond acceptors (Lipinski definition) is 0. The molecule has 1 heteroatoms. The molecule has 1 heterocycles. The molecule has 4 aromatic carbocycles. The Morgan fingerprint density at radius 1 is 0.692 bits per heavy atom. The Morgan fingerprint density at radius 3 is 2.27 bits per heavy atom. The second kappa shape index (κ2) is 4.86. The second-order valence-electron chi connectivity index (χ2n) is 7.12. The molecule has 1 aromatic heterocycles. The van der Waals surface area contributed by atoms with Crippen LogP contribution in [0.15, 0.2) is 84.9 Å². The Hall–Kier alpha value is -3.32. The van der Waals surface area contributed by atoms with Crippen molar-refractivity contribution in [3.05, 3.63) is 90.5 Å². The van der Waals surface area contributed by atoms with Gasteiger partial charge in [-0.15, -0.1) is 0 Å². The van der Waals surface area contributed by atoms with Crippen molar-refractivity contribution in [1.82, 2.24) is 4.57 Å². The largest absolute Gasteiger partial charge is 0.309 e. The van der Waals surface area contributed by atoms with Gasteiger partial charge in [0.05, 0.1) is 11.2 Å². The van der Waals surface area contributed by atoms with Crippen LogP contribution in [-0.2, 0) is 0 Å². The number of benzene rings is 4. The fourth-order valence-corrected chi connectivity index (χ4v) is 4.52. The number of para-hydroxylation sites is 1. The topological polar surface area (TPSA) is 4.93 Å². The summed E-state index contributed by atoms with van der Waals surface area (Å²) in [6.07, 6.45) is 0. The third-order valence-electron chi connectivity index (χ3n) is 5.57. The maximum atomic E-state index is 2.43. The molecule has 6 rings (SSSR count). The molecule has 0 bridgehead atoms. The Labute approximate surface area is 152 Å². The van der Waals surface area contributed by atoms with Crippen molar-refractivity contribution < 1.29 is 0 Å². The molecule has 0 saturated heterocycles. The standard InChI is InChI=1S/C25H17N/c1-16-13-14-22-21(15-16)24-19-11-5-7-17-8-6-12-20(23(17)19)25(24)26(22)18-9-3-2-4-10-18/h2-15H,1H3. The molecule has 0 aliphatic heterocycles. The van der Waals surface area contributed by atoms with E-state index in [-0.39, 0.29) is 0 Å². The molecule has 0 atom stereocenters. The highest BCUT2D eigenvalue weighted by Gasteiger charge is 2.28. The number of hydrogen-bond donors (Lipinski definition) is 0. The van der Waals surface area contributed by atoms with Crippen molar-refractivity contribution >= 4 is 21.7 Å². The van der Waals surface area contributed by atoms with Gasteiger partial charge < -0.3 is 4.57 Å². The van der Waals surface area contributed by atoms with E-state index in [4.69, 9.17) is 0 Å². The van der Waals surface area contributed by atoms with Gasteiger partial charge in [0.25, 0.3) is 0 Å². The average molecular weight is 331 g/mol. The Morgan fingerprint density at radius 2 is 1.46 bits per heavy atom. The zero-order valence-corrected chi connectivity index (χ0v) is 14.5. The van der Waals surface area contributed by atoms with E-state index in [1.807, 2.05) is 0 Å². The fourth-order valence-electron chi connectivity index (χ4n) is 4.52. The zero-order chi connectivity index (χ0) is 17.3. The van der Waals surface area contributed by atoms with Crippen LogP contribution in [-0.4, -0.2) is 4.57 Å². The minimum absolute atomic E-state index is 1.22. The molecule has 1 aliphatic carbocycles. The van der Waals surface area contributed by atoms with Crippen LogP contribution in [0.2, 0.25) is 0 Å². The molecule has 5 aromatic rings. The van der Waals surface area contributed by atoms with Gasteiger partial charge in [0.2, 0.25) is 0 Å². The monoisotopic (exact) mass is 331 g/mol. The van der Waals surface area contributed by atoms with E-state index in [0.29, 0.717) is 0 Å². The molecule has 26 heavy (non-hydrogen) atoms. The number of fused-ring (bicyclic) bond motifs is 5. The molecule has 0 amide bonds. The van der Waals surface area contributed by atoms with Gasteiger partial charge in [0, 0.05) is 22.2 Å². The van der Waals surface area contributed by atoms with E-state index < -0.39 is 0 Å². The zero-order valence-electron chi connectivity index (χ0n) is 14.5. The molecule has 0 fully saturated rings. The Kier molecular flexibility index (Phi) is 2.60. The highest BCUT2D eigenvalue weighted by molar-refractivity contribution is 6.21. The summed E-state index contributed by atoms with van der Waals surface area (Å²) in [7, 11) is 0. The SMILES string of the molecule is Cc1ccc2c(c1)c1c(n2-c2ccccc2)-c2cccc3cccc-1c23. The molecular formula is C25H17N. The molecule has 0 spiro atoms. The number of rotatable bonds is 1. The third kappa shape index (κ3) is 1.65. The first kappa shape index (κ1) is 13.9. The summed E-state index contributed by atoms with van der Waals surface area (Å²) in [6, 6.07) is 30.8. The third-order valence-corrected chi connectivity index (χ3v) is 5.57.